The van der Waals surface area contributed by atoms with E-state index in [1.54, 1.807) is 11.9 Å². The van der Waals surface area contributed by atoms with Crippen molar-refractivity contribution >= 4 is 18.0 Å². The van der Waals surface area contributed by atoms with Gasteiger partial charge < -0.3 is 25.4 Å². The molecule has 0 aromatic heterocycles. The van der Waals surface area contributed by atoms with Gasteiger partial charge in [0.25, 0.3) is 0 Å². The summed E-state index contributed by atoms with van der Waals surface area (Å²) in [5.41, 5.74) is -1.37. The first-order valence-corrected chi connectivity index (χ1v) is 10.3. The Balaban J connectivity index is 2.66. The van der Waals surface area contributed by atoms with Crippen LogP contribution >= 0.6 is 0 Å². The summed E-state index contributed by atoms with van der Waals surface area (Å²) in [5, 5.41) is 9.18. The van der Waals surface area contributed by atoms with E-state index in [1.807, 2.05) is 48.5 Å². The van der Waals surface area contributed by atoms with Crippen molar-refractivity contribution in [3.05, 3.63) is 0 Å². The van der Waals surface area contributed by atoms with Gasteiger partial charge in [-0.25, -0.2) is 4.79 Å². The molecule has 168 valence electrons. The molecular formula is C20H39N5O4. The number of nitrogens with one attached hydrogen (secondary N) is 3. The first kappa shape index (κ1) is 25.0. The van der Waals surface area contributed by atoms with E-state index in [1.165, 1.54) is 0 Å². The van der Waals surface area contributed by atoms with E-state index >= 15 is 0 Å². The number of carbonyl (C=O) groups excluding carboxylic acids is 2. The molecular weight excluding hydrogens is 374 g/mol. The lowest BCUT2D eigenvalue weighted by atomic mass is 10.1. The van der Waals surface area contributed by atoms with Gasteiger partial charge in [0, 0.05) is 33.1 Å². The van der Waals surface area contributed by atoms with Gasteiger partial charge in [-0.05, 0) is 48.0 Å². The minimum Gasteiger partial charge on any atom is -0.444 e. The molecule has 1 saturated heterocycles. The predicted molar refractivity (Wildman–Crippen MR) is 114 cm³/mol. The summed E-state index contributed by atoms with van der Waals surface area (Å²) >= 11 is 0. The Morgan fingerprint density at radius 2 is 1.83 bits per heavy atom. The molecule has 0 aromatic rings. The van der Waals surface area contributed by atoms with Gasteiger partial charge in [-0.3, -0.25) is 14.7 Å². The van der Waals surface area contributed by atoms with E-state index in [0.29, 0.717) is 32.0 Å². The van der Waals surface area contributed by atoms with Crippen molar-refractivity contribution < 1.29 is 19.1 Å². The Kier molecular flexibility index (Phi) is 9.19. The van der Waals surface area contributed by atoms with Crippen molar-refractivity contribution in [1.29, 1.82) is 0 Å². The van der Waals surface area contributed by atoms with Gasteiger partial charge in [0.15, 0.2) is 5.96 Å². The zero-order valence-corrected chi connectivity index (χ0v) is 19.2. The molecule has 2 atom stereocenters. The lowest BCUT2D eigenvalue weighted by Crippen LogP contribution is -2.54. The monoisotopic (exact) mass is 413 g/mol. The zero-order valence-electron chi connectivity index (χ0n) is 19.2. The normalized spacial score (nSPS) is 21.7. The van der Waals surface area contributed by atoms with Crippen LogP contribution in [-0.2, 0) is 14.3 Å². The van der Waals surface area contributed by atoms with Gasteiger partial charge in [0.2, 0.25) is 5.91 Å². The summed E-state index contributed by atoms with van der Waals surface area (Å²) in [6.45, 7) is 14.8. The molecule has 1 rings (SSSR count). The van der Waals surface area contributed by atoms with Gasteiger partial charge in [0.05, 0.1) is 12.1 Å². The standard InChI is InChI=1S/C20H39N5O4/c1-9-11-22-16(26)10-12-23-17(21-8)24-13-15-14(2)28-20(6,7)25(15)18(27)29-19(3,4)5/h14-15H,9-13H2,1-8H3,(H,22,26)(H2,21,23,24). The number of guanidine groups is 1. The minimum atomic E-state index is -0.775. The topological polar surface area (TPSA) is 104 Å². The molecule has 9 heteroatoms. The molecule has 1 heterocycles. The maximum absolute atomic E-state index is 12.8. The highest BCUT2D eigenvalue weighted by Crippen LogP contribution is 2.33. The molecule has 1 aliphatic heterocycles. The Hall–Kier alpha value is -2.03. The molecule has 0 aliphatic carbocycles. The van der Waals surface area contributed by atoms with Crippen LogP contribution in [-0.4, -0.2) is 73.0 Å². The first-order valence-electron chi connectivity index (χ1n) is 10.3. The maximum Gasteiger partial charge on any atom is 0.412 e. The molecule has 9 nitrogen and oxygen atoms in total. The zero-order chi connectivity index (χ0) is 22.2. The van der Waals surface area contributed by atoms with Gasteiger partial charge in [0.1, 0.15) is 11.3 Å². The highest BCUT2D eigenvalue weighted by Gasteiger charge is 2.49. The summed E-state index contributed by atoms with van der Waals surface area (Å²) in [7, 11) is 1.66. The van der Waals surface area contributed by atoms with Gasteiger partial charge in [-0.2, -0.15) is 0 Å². The van der Waals surface area contributed by atoms with E-state index in [4.69, 9.17) is 9.47 Å². The number of hydrogen-bond acceptors (Lipinski definition) is 5. The van der Waals surface area contributed by atoms with E-state index in [2.05, 4.69) is 20.9 Å². The van der Waals surface area contributed by atoms with E-state index in [0.717, 1.165) is 6.42 Å². The van der Waals surface area contributed by atoms with Crippen LogP contribution in [0.3, 0.4) is 0 Å². The molecule has 0 saturated carbocycles. The lowest BCUT2D eigenvalue weighted by Gasteiger charge is -2.35. The predicted octanol–water partition coefficient (Wildman–Crippen LogP) is 1.83. The fourth-order valence-corrected chi connectivity index (χ4v) is 3.19. The van der Waals surface area contributed by atoms with Gasteiger partial charge in [-0.1, -0.05) is 6.92 Å². The molecule has 1 aliphatic rings. The van der Waals surface area contributed by atoms with Crippen LogP contribution in [0.2, 0.25) is 0 Å². The Labute approximate surface area is 175 Å². The van der Waals surface area contributed by atoms with E-state index < -0.39 is 17.4 Å². The van der Waals surface area contributed by atoms with Crippen molar-refractivity contribution in [3.8, 4) is 0 Å². The molecule has 29 heavy (non-hydrogen) atoms. The van der Waals surface area contributed by atoms with E-state index in [-0.39, 0.29) is 18.1 Å². The third kappa shape index (κ3) is 8.08. The summed E-state index contributed by atoms with van der Waals surface area (Å²) in [6.07, 6.45) is 0.687. The molecule has 0 radical (unpaired) electrons. The number of amides is 2. The Morgan fingerprint density at radius 3 is 2.38 bits per heavy atom. The number of rotatable bonds is 7. The second-order valence-corrected chi connectivity index (χ2v) is 8.67. The number of hydrogen-bond donors (Lipinski definition) is 3. The first-order chi connectivity index (χ1) is 13.4. The largest absolute Gasteiger partial charge is 0.444 e. The van der Waals surface area contributed by atoms with E-state index in [9.17, 15) is 9.59 Å². The van der Waals surface area contributed by atoms with Crippen LogP contribution in [0.1, 0.15) is 61.3 Å². The smallest absolute Gasteiger partial charge is 0.412 e. The molecule has 2 unspecified atom stereocenters. The number of carbonyl (C=O) groups is 2. The van der Waals surface area contributed by atoms with Crippen LogP contribution < -0.4 is 16.0 Å². The lowest BCUT2D eigenvalue weighted by molar-refractivity contribution is -0.120. The average Bonchev–Trinajstić information content (AvgIpc) is 2.82. The summed E-state index contributed by atoms with van der Waals surface area (Å²) in [4.78, 5) is 30.3. The Bertz CT molecular complexity index is 586. The third-order valence-corrected chi connectivity index (χ3v) is 4.44. The summed E-state index contributed by atoms with van der Waals surface area (Å²) < 4.78 is 11.6. The van der Waals surface area contributed by atoms with Crippen molar-refractivity contribution in [2.75, 3.05) is 26.7 Å². The van der Waals surface area contributed by atoms with Crippen molar-refractivity contribution in [3.63, 3.8) is 0 Å². The van der Waals surface area contributed by atoms with Crippen LogP contribution in [0, 0.1) is 0 Å². The van der Waals surface area contributed by atoms with Gasteiger partial charge >= 0.3 is 6.09 Å². The summed E-state index contributed by atoms with van der Waals surface area (Å²) in [5.74, 6) is 0.569. The van der Waals surface area contributed by atoms with Crippen LogP contribution in [0.4, 0.5) is 4.79 Å². The number of ether oxygens (including phenoxy) is 2. The second-order valence-electron chi connectivity index (χ2n) is 8.67. The number of aliphatic imine (C=N–C) groups is 1. The minimum absolute atomic E-state index is 0.00506. The van der Waals surface area contributed by atoms with Crippen molar-refractivity contribution in [1.82, 2.24) is 20.9 Å². The molecule has 1 fully saturated rings. The molecule has 3 N–H and O–H groups in total. The van der Waals surface area contributed by atoms with Crippen molar-refractivity contribution in [2.24, 2.45) is 4.99 Å². The number of nitrogens with zero attached hydrogens (tertiary/aromatic N) is 2. The maximum atomic E-state index is 12.8. The average molecular weight is 414 g/mol. The molecule has 0 spiro atoms. The highest BCUT2D eigenvalue weighted by molar-refractivity contribution is 5.81. The van der Waals surface area contributed by atoms with Crippen LogP contribution in [0.15, 0.2) is 4.99 Å². The SMILES string of the molecule is CCCNC(=O)CCNC(=NC)NCC1C(C)OC(C)(C)N1C(=O)OC(C)(C)C. The van der Waals surface area contributed by atoms with Gasteiger partial charge in [-0.15, -0.1) is 0 Å². The fourth-order valence-electron chi connectivity index (χ4n) is 3.19. The van der Waals surface area contributed by atoms with Crippen molar-refractivity contribution in [2.45, 2.75) is 84.8 Å². The summed E-state index contributed by atoms with van der Waals surface area (Å²) in [6, 6.07) is -0.230. The quantitative estimate of drug-likeness (QED) is 0.434. The Morgan fingerprint density at radius 1 is 1.17 bits per heavy atom. The van der Waals surface area contributed by atoms with Crippen LogP contribution in [0.25, 0.3) is 0 Å². The highest BCUT2D eigenvalue weighted by atomic mass is 16.6. The second kappa shape index (κ2) is 10.7. The molecule has 0 aromatic carbocycles. The fraction of sp³-hybridized carbons (Fsp3) is 0.850. The van der Waals surface area contributed by atoms with Crippen LogP contribution in [0.5, 0.6) is 0 Å². The third-order valence-electron chi connectivity index (χ3n) is 4.44. The molecule has 0 bridgehead atoms. The molecule has 2 amide bonds.